The smallest absolute Gasteiger partial charge is 0.326 e. The second kappa shape index (κ2) is 7.73. The normalized spacial score (nSPS) is 14.0. The Morgan fingerprint density at radius 2 is 1.54 bits per heavy atom. The lowest BCUT2D eigenvalue weighted by atomic mass is 9.92. The lowest BCUT2D eigenvalue weighted by Crippen LogP contribution is -2.41. The maximum absolute atomic E-state index is 12.3. The molecule has 0 bridgehead atoms. The van der Waals surface area contributed by atoms with Gasteiger partial charge in [-0.3, -0.25) is 4.79 Å². The van der Waals surface area contributed by atoms with Gasteiger partial charge in [-0.25, -0.2) is 4.79 Å². The molecule has 0 spiro atoms. The predicted molar refractivity (Wildman–Crippen MR) is 102 cm³/mol. The molecule has 2 N–H and O–H groups in total. The van der Waals surface area contributed by atoms with E-state index in [1.165, 1.54) is 22.3 Å². The summed E-state index contributed by atoms with van der Waals surface area (Å²) < 4.78 is 0. The van der Waals surface area contributed by atoms with Gasteiger partial charge in [0.05, 0.1) is 0 Å². The monoisotopic (exact) mass is 351 g/mol. The van der Waals surface area contributed by atoms with E-state index in [9.17, 15) is 14.7 Å². The number of carboxylic acid groups (broad SMARTS) is 1. The molecule has 2 aromatic rings. The lowest BCUT2D eigenvalue weighted by molar-refractivity contribution is -0.142. The second-order valence-electron chi connectivity index (χ2n) is 7.35. The summed E-state index contributed by atoms with van der Waals surface area (Å²) in [5.41, 5.74) is 4.96. The summed E-state index contributed by atoms with van der Waals surface area (Å²) in [6, 6.07) is 15.8. The van der Waals surface area contributed by atoms with Crippen molar-refractivity contribution in [2.75, 3.05) is 0 Å². The molecular formula is C22H25NO3. The first-order chi connectivity index (χ1) is 12.5. The van der Waals surface area contributed by atoms with E-state index in [1.54, 1.807) is 0 Å². The highest BCUT2D eigenvalue weighted by Crippen LogP contribution is 2.46. The van der Waals surface area contributed by atoms with Crippen LogP contribution in [0.3, 0.4) is 0 Å². The molecule has 136 valence electrons. The van der Waals surface area contributed by atoms with Crippen LogP contribution in [0.1, 0.15) is 50.2 Å². The van der Waals surface area contributed by atoms with Crippen LogP contribution in [0.25, 0.3) is 11.1 Å². The van der Waals surface area contributed by atoms with Gasteiger partial charge in [0.1, 0.15) is 6.04 Å². The van der Waals surface area contributed by atoms with Crippen LogP contribution in [0.5, 0.6) is 0 Å². The fourth-order valence-electron chi connectivity index (χ4n) is 3.81. The Kier molecular flexibility index (Phi) is 5.40. The van der Waals surface area contributed by atoms with Crippen LogP contribution in [-0.4, -0.2) is 23.0 Å². The summed E-state index contributed by atoms with van der Waals surface area (Å²) in [5.74, 6) is -0.768. The number of carbonyl (C=O) groups is 2. The Labute approximate surface area is 154 Å². The molecule has 1 aliphatic rings. The average molecular weight is 351 g/mol. The first-order valence-corrected chi connectivity index (χ1v) is 9.17. The van der Waals surface area contributed by atoms with Gasteiger partial charge in [0.25, 0.3) is 0 Å². The molecule has 0 fully saturated rings. The van der Waals surface area contributed by atoms with Gasteiger partial charge in [-0.05, 0) is 41.0 Å². The van der Waals surface area contributed by atoms with Crippen molar-refractivity contribution in [3.8, 4) is 11.1 Å². The van der Waals surface area contributed by atoms with Gasteiger partial charge in [-0.1, -0.05) is 62.4 Å². The van der Waals surface area contributed by atoms with Gasteiger partial charge in [0.15, 0.2) is 0 Å². The SMILES string of the molecule is CC(C)C[C@H](NC(=O)CCC1c2ccccc2-c2ccccc21)C(=O)O. The average Bonchev–Trinajstić information content (AvgIpc) is 2.93. The van der Waals surface area contributed by atoms with Crippen LogP contribution in [0.4, 0.5) is 0 Å². The quantitative estimate of drug-likeness (QED) is 0.786. The van der Waals surface area contributed by atoms with Crippen molar-refractivity contribution in [3.63, 3.8) is 0 Å². The molecule has 0 heterocycles. The van der Waals surface area contributed by atoms with E-state index in [0.717, 1.165) is 0 Å². The van der Waals surface area contributed by atoms with Gasteiger partial charge < -0.3 is 10.4 Å². The minimum atomic E-state index is -0.969. The van der Waals surface area contributed by atoms with Crippen molar-refractivity contribution in [1.29, 1.82) is 0 Å². The van der Waals surface area contributed by atoms with Crippen LogP contribution in [-0.2, 0) is 9.59 Å². The Hall–Kier alpha value is -2.62. The zero-order valence-corrected chi connectivity index (χ0v) is 15.2. The molecule has 3 rings (SSSR count). The number of hydrogen-bond donors (Lipinski definition) is 2. The molecule has 0 saturated heterocycles. The minimum absolute atomic E-state index is 0.182. The van der Waals surface area contributed by atoms with Crippen LogP contribution in [0, 0.1) is 5.92 Å². The standard InChI is InChI=1S/C22H25NO3/c1-14(2)13-20(22(25)26)23-21(24)12-11-19-17-9-5-3-7-15(17)16-8-4-6-10-18(16)19/h3-10,14,19-20H,11-13H2,1-2H3,(H,23,24)(H,25,26)/t20-/m0/s1. The molecule has 0 saturated carbocycles. The summed E-state index contributed by atoms with van der Waals surface area (Å²) >= 11 is 0. The van der Waals surface area contributed by atoms with Crippen LogP contribution in [0.2, 0.25) is 0 Å². The zero-order valence-electron chi connectivity index (χ0n) is 15.2. The zero-order chi connectivity index (χ0) is 18.7. The third-order valence-electron chi connectivity index (χ3n) is 4.96. The summed E-state index contributed by atoms with van der Waals surface area (Å²) in [5, 5.41) is 12.0. The molecule has 0 radical (unpaired) electrons. The largest absolute Gasteiger partial charge is 0.480 e. The summed E-state index contributed by atoms with van der Waals surface area (Å²) in [7, 11) is 0. The molecule has 2 aromatic carbocycles. The Morgan fingerprint density at radius 1 is 1.00 bits per heavy atom. The number of aliphatic carboxylic acids is 1. The highest BCUT2D eigenvalue weighted by molar-refractivity contribution is 5.84. The molecular weight excluding hydrogens is 326 g/mol. The Morgan fingerprint density at radius 3 is 2.04 bits per heavy atom. The first kappa shape index (κ1) is 18.2. The molecule has 1 amide bonds. The molecule has 0 aliphatic heterocycles. The van der Waals surface area contributed by atoms with Gasteiger partial charge in [-0.2, -0.15) is 0 Å². The fourth-order valence-corrected chi connectivity index (χ4v) is 3.81. The van der Waals surface area contributed by atoms with Crippen molar-refractivity contribution < 1.29 is 14.7 Å². The number of nitrogens with one attached hydrogen (secondary N) is 1. The molecule has 0 aromatic heterocycles. The van der Waals surface area contributed by atoms with Crippen molar-refractivity contribution in [2.24, 2.45) is 5.92 Å². The number of carboxylic acids is 1. The van der Waals surface area contributed by atoms with Gasteiger partial charge in [0.2, 0.25) is 5.91 Å². The molecule has 4 heteroatoms. The molecule has 4 nitrogen and oxygen atoms in total. The fraction of sp³-hybridized carbons (Fsp3) is 0.364. The van der Waals surface area contributed by atoms with E-state index in [0.29, 0.717) is 19.3 Å². The number of hydrogen-bond acceptors (Lipinski definition) is 2. The van der Waals surface area contributed by atoms with Crippen LogP contribution in [0.15, 0.2) is 48.5 Å². The predicted octanol–water partition coefficient (Wildman–Crippen LogP) is 4.19. The summed E-state index contributed by atoms with van der Waals surface area (Å²) in [6.45, 7) is 3.91. The summed E-state index contributed by atoms with van der Waals surface area (Å²) in [6.07, 6.45) is 1.43. The third kappa shape index (κ3) is 3.79. The number of fused-ring (bicyclic) bond motifs is 3. The highest BCUT2D eigenvalue weighted by Gasteiger charge is 2.28. The number of amides is 1. The van der Waals surface area contributed by atoms with Gasteiger partial charge in [-0.15, -0.1) is 0 Å². The van der Waals surface area contributed by atoms with Crippen molar-refractivity contribution in [3.05, 3.63) is 59.7 Å². The second-order valence-corrected chi connectivity index (χ2v) is 7.35. The third-order valence-corrected chi connectivity index (χ3v) is 4.96. The highest BCUT2D eigenvalue weighted by atomic mass is 16.4. The van der Waals surface area contributed by atoms with E-state index in [-0.39, 0.29) is 17.7 Å². The number of rotatable bonds is 7. The molecule has 0 unspecified atom stereocenters. The topological polar surface area (TPSA) is 66.4 Å². The van der Waals surface area contributed by atoms with Gasteiger partial charge in [0, 0.05) is 12.3 Å². The Balaban J connectivity index is 1.70. The lowest BCUT2D eigenvalue weighted by Gasteiger charge is -2.18. The first-order valence-electron chi connectivity index (χ1n) is 9.17. The van der Waals surface area contributed by atoms with Gasteiger partial charge >= 0.3 is 5.97 Å². The van der Waals surface area contributed by atoms with Crippen LogP contribution < -0.4 is 5.32 Å². The minimum Gasteiger partial charge on any atom is -0.480 e. The van der Waals surface area contributed by atoms with Crippen LogP contribution >= 0.6 is 0 Å². The molecule has 1 aliphatic carbocycles. The van der Waals surface area contributed by atoms with E-state index >= 15 is 0 Å². The molecule has 26 heavy (non-hydrogen) atoms. The van der Waals surface area contributed by atoms with E-state index in [2.05, 4.69) is 29.6 Å². The Bertz CT molecular complexity index is 767. The summed E-state index contributed by atoms with van der Waals surface area (Å²) in [4.78, 5) is 23.7. The van der Waals surface area contributed by atoms with E-state index in [4.69, 9.17) is 0 Å². The number of benzene rings is 2. The van der Waals surface area contributed by atoms with Crippen molar-refractivity contribution in [1.82, 2.24) is 5.32 Å². The maximum Gasteiger partial charge on any atom is 0.326 e. The molecule has 1 atom stereocenters. The van der Waals surface area contributed by atoms with E-state index < -0.39 is 12.0 Å². The number of carbonyl (C=O) groups excluding carboxylic acids is 1. The van der Waals surface area contributed by atoms with Crippen molar-refractivity contribution in [2.45, 2.75) is 45.1 Å². The van der Waals surface area contributed by atoms with Crippen molar-refractivity contribution >= 4 is 11.9 Å². The maximum atomic E-state index is 12.3. The van der Waals surface area contributed by atoms with E-state index in [1.807, 2.05) is 38.1 Å².